The van der Waals surface area contributed by atoms with Crippen LogP contribution in [-0.2, 0) is 17.0 Å². The van der Waals surface area contributed by atoms with Crippen molar-refractivity contribution in [2.24, 2.45) is 0 Å². The van der Waals surface area contributed by atoms with Gasteiger partial charge in [0, 0.05) is 17.7 Å². The van der Waals surface area contributed by atoms with Crippen LogP contribution < -0.4 is 5.32 Å². The van der Waals surface area contributed by atoms with E-state index in [1.54, 1.807) is 6.26 Å². The number of fused-ring (bicyclic) bond motifs is 1. The monoisotopic (exact) mass is 399 g/mol. The maximum absolute atomic E-state index is 12.1. The molecule has 3 aromatic rings. The molecular weight excluding hydrogens is 382 g/mol. The van der Waals surface area contributed by atoms with Gasteiger partial charge in [-0.05, 0) is 25.0 Å². The molecule has 0 atom stereocenters. The van der Waals surface area contributed by atoms with E-state index in [1.165, 1.54) is 23.1 Å². The molecular formula is C19H17N3O3S2. The number of thiazole rings is 1. The molecule has 8 heteroatoms. The van der Waals surface area contributed by atoms with E-state index < -0.39 is 0 Å². The second-order valence-electron chi connectivity index (χ2n) is 6.12. The Morgan fingerprint density at radius 2 is 2.07 bits per heavy atom. The summed E-state index contributed by atoms with van der Waals surface area (Å²) in [7, 11) is 0. The van der Waals surface area contributed by atoms with Crippen LogP contribution in [0.4, 0.5) is 5.13 Å². The van der Waals surface area contributed by atoms with Crippen LogP contribution in [0.25, 0.3) is 11.5 Å². The molecule has 0 saturated carbocycles. The molecule has 0 spiro atoms. The molecule has 1 aliphatic rings. The lowest BCUT2D eigenvalue weighted by Gasteiger charge is -2.05. The quantitative estimate of drug-likeness (QED) is 0.669. The summed E-state index contributed by atoms with van der Waals surface area (Å²) in [5.41, 5.74) is 2.53. The van der Waals surface area contributed by atoms with E-state index in [0.29, 0.717) is 28.1 Å². The third-order valence-corrected chi connectivity index (χ3v) is 6.09. The van der Waals surface area contributed by atoms with Crippen molar-refractivity contribution in [3.63, 3.8) is 0 Å². The summed E-state index contributed by atoms with van der Waals surface area (Å²) in [4.78, 5) is 33.5. The van der Waals surface area contributed by atoms with Gasteiger partial charge in [-0.15, -0.1) is 11.8 Å². The number of benzene rings is 1. The van der Waals surface area contributed by atoms with Gasteiger partial charge in [0.1, 0.15) is 6.26 Å². The summed E-state index contributed by atoms with van der Waals surface area (Å²) in [5.74, 6) is 1.44. The molecule has 1 amide bonds. The maximum Gasteiger partial charge on any atom is 0.236 e. The average Bonchev–Trinajstić information content (AvgIpc) is 3.30. The van der Waals surface area contributed by atoms with Crippen molar-refractivity contribution >= 4 is 39.9 Å². The first-order valence-electron chi connectivity index (χ1n) is 8.59. The standard InChI is InChI=1S/C19H17N3O3S2/c23-15-8-4-7-14-17(15)27-19(21-14)22-16(24)11-26-10-13-9-25-18(20-13)12-5-2-1-3-6-12/h1-3,5-6,9H,4,7-8,10-11H2,(H,21,22,24). The second kappa shape index (κ2) is 8.06. The van der Waals surface area contributed by atoms with Crippen LogP contribution in [-0.4, -0.2) is 27.4 Å². The molecule has 1 aromatic carbocycles. The third kappa shape index (κ3) is 4.28. The maximum atomic E-state index is 12.1. The Balaban J connectivity index is 1.28. The fraction of sp³-hybridized carbons (Fsp3) is 0.263. The van der Waals surface area contributed by atoms with E-state index >= 15 is 0 Å². The molecule has 138 valence electrons. The summed E-state index contributed by atoms with van der Waals surface area (Å²) in [6.07, 6.45) is 3.83. The lowest BCUT2D eigenvalue weighted by molar-refractivity contribution is -0.113. The van der Waals surface area contributed by atoms with Crippen LogP contribution in [0.1, 0.15) is 33.9 Å². The highest BCUT2D eigenvalue weighted by Crippen LogP contribution is 2.29. The van der Waals surface area contributed by atoms with Gasteiger partial charge >= 0.3 is 0 Å². The first kappa shape index (κ1) is 17.9. The Morgan fingerprint density at radius 1 is 1.22 bits per heavy atom. The van der Waals surface area contributed by atoms with Crippen molar-refractivity contribution in [3.8, 4) is 11.5 Å². The summed E-state index contributed by atoms with van der Waals surface area (Å²) >= 11 is 2.73. The molecule has 0 fully saturated rings. The summed E-state index contributed by atoms with van der Waals surface area (Å²) in [6, 6.07) is 9.68. The minimum atomic E-state index is -0.134. The Bertz CT molecular complexity index is 966. The molecule has 2 aromatic heterocycles. The summed E-state index contributed by atoms with van der Waals surface area (Å²) in [5, 5.41) is 3.30. The number of ketones is 1. The Labute approximate surface area is 164 Å². The molecule has 0 bridgehead atoms. The second-order valence-corrected chi connectivity index (χ2v) is 8.11. The minimum Gasteiger partial charge on any atom is -0.444 e. The number of oxazole rings is 1. The van der Waals surface area contributed by atoms with Gasteiger partial charge in [-0.25, -0.2) is 9.97 Å². The fourth-order valence-corrected chi connectivity index (χ4v) is 4.51. The fourth-order valence-electron chi connectivity index (χ4n) is 2.81. The van der Waals surface area contributed by atoms with Gasteiger partial charge in [-0.2, -0.15) is 0 Å². The van der Waals surface area contributed by atoms with Gasteiger partial charge in [0.25, 0.3) is 0 Å². The highest BCUT2D eigenvalue weighted by molar-refractivity contribution is 7.99. The van der Waals surface area contributed by atoms with Crippen molar-refractivity contribution in [1.82, 2.24) is 9.97 Å². The zero-order chi connectivity index (χ0) is 18.6. The number of Topliss-reactive ketones (excluding diaryl/α,β-unsaturated/α-hetero) is 1. The van der Waals surface area contributed by atoms with Crippen molar-refractivity contribution in [3.05, 3.63) is 52.9 Å². The number of anilines is 1. The van der Waals surface area contributed by atoms with Gasteiger partial charge in [0.2, 0.25) is 11.8 Å². The van der Waals surface area contributed by atoms with Crippen LogP contribution >= 0.6 is 23.1 Å². The molecule has 4 rings (SSSR count). The Morgan fingerprint density at radius 3 is 2.89 bits per heavy atom. The number of aromatic nitrogens is 2. The van der Waals surface area contributed by atoms with Crippen molar-refractivity contribution in [2.45, 2.75) is 25.0 Å². The molecule has 0 radical (unpaired) electrons. The number of amides is 1. The van der Waals surface area contributed by atoms with Crippen LogP contribution in [0.2, 0.25) is 0 Å². The molecule has 2 heterocycles. The number of thioether (sulfide) groups is 1. The van der Waals surface area contributed by atoms with Crippen LogP contribution in [0.15, 0.2) is 41.0 Å². The normalized spacial score (nSPS) is 13.4. The Hall–Kier alpha value is -2.45. The average molecular weight is 399 g/mol. The van der Waals surface area contributed by atoms with Gasteiger partial charge < -0.3 is 9.73 Å². The first-order valence-corrected chi connectivity index (χ1v) is 10.6. The van der Waals surface area contributed by atoms with E-state index in [-0.39, 0.29) is 17.4 Å². The SMILES string of the molecule is O=C(CSCc1coc(-c2ccccc2)n1)Nc1nc2c(s1)C(=O)CCC2. The Kier molecular flexibility index (Phi) is 5.35. The smallest absolute Gasteiger partial charge is 0.236 e. The number of hydrogen-bond acceptors (Lipinski definition) is 7. The van der Waals surface area contributed by atoms with Gasteiger partial charge in [-0.3, -0.25) is 9.59 Å². The molecule has 0 aliphatic heterocycles. The molecule has 0 saturated heterocycles. The van der Waals surface area contributed by atoms with Crippen molar-refractivity contribution in [2.75, 3.05) is 11.1 Å². The minimum absolute atomic E-state index is 0.129. The van der Waals surface area contributed by atoms with E-state index in [1.807, 2.05) is 30.3 Å². The molecule has 0 unspecified atom stereocenters. The summed E-state index contributed by atoms with van der Waals surface area (Å²) < 4.78 is 5.50. The number of hydrogen-bond donors (Lipinski definition) is 1. The third-order valence-electron chi connectivity index (χ3n) is 4.07. The largest absolute Gasteiger partial charge is 0.444 e. The van der Waals surface area contributed by atoms with Gasteiger partial charge in [-0.1, -0.05) is 29.5 Å². The lowest BCUT2D eigenvalue weighted by Crippen LogP contribution is -2.14. The van der Waals surface area contributed by atoms with E-state index in [0.717, 1.165) is 29.8 Å². The van der Waals surface area contributed by atoms with Gasteiger partial charge in [0.05, 0.1) is 22.0 Å². The number of aryl methyl sites for hydroxylation is 1. The highest BCUT2D eigenvalue weighted by atomic mass is 32.2. The molecule has 6 nitrogen and oxygen atoms in total. The van der Waals surface area contributed by atoms with E-state index in [2.05, 4.69) is 15.3 Å². The van der Waals surface area contributed by atoms with Crippen molar-refractivity contribution < 1.29 is 14.0 Å². The van der Waals surface area contributed by atoms with Crippen LogP contribution in [0.3, 0.4) is 0 Å². The van der Waals surface area contributed by atoms with Crippen molar-refractivity contribution in [1.29, 1.82) is 0 Å². The topological polar surface area (TPSA) is 85.1 Å². The lowest BCUT2D eigenvalue weighted by atomic mass is 10.0. The van der Waals surface area contributed by atoms with Crippen LogP contribution in [0, 0.1) is 0 Å². The van der Waals surface area contributed by atoms with Gasteiger partial charge in [0.15, 0.2) is 10.9 Å². The number of rotatable bonds is 6. The molecule has 27 heavy (non-hydrogen) atoms. The number of nitrogens with one attached hydrogen (secondary N) is 1. The first-order chi connectivity index (χ1) is 13.2. The van der Waals surface area contributed by atoms with E-state index in [9.17, 15) is 9.59 Å². The van der Waals surface area contributed by atoms with E-state index in [4.69, 9.17) is 4.42 Å². The predicted octanol–water partition coefficient (Wildman–Crippen LogP) is 4.19. The number of carbonyl (C=O) groups is 2. The zero-order valence-corrected chi connectivity index (χ0v) is 16.1. The van der Waals surface area contributed by atoms with Crippen LogP contribution in [0.5, 0.6) is 0 Å². The molecule has 1 N–H and O–H groups in total. The summed E-state index contributed by atoms with van der Waals surface area (Å²) in [6.45, 7) is 0. The molecule has 1 aliphatic carbocycles. The number of nitrogens with zero attached hydrogens (tertiary/aromatic N) is 2. The predicted molar refractivity (Wildman–Crippen MR) is 106 cm³/mol. The highest BCUT2D eigenvalue weighted by Gasteiger charge is 2.22. The zero-order valence-electron chi connectivity index (χ0n) is 14.4. The number of carbonyl (C=O) groups excluding carboxylic acids is 2.